The molecule has 0 aliphatic carbocycles. The third-order valence-corrected chi connectivity index (χ3v) is 6.50. The van der Waals surface area contributed by atoms with E-state index in [2.05, 4.69) is 0 Å². The van der Waals surface area contributed by atoms with Gasteiger partial charge in [-0.05, 0) is 58.4 Å². The van der Waals surface area contributed by atoms with Gasteiger partial charge in [-0.1, -0.05) is 36.4 Å². The SMILES string of the molecule is COc1ccc(-c2ccc(C=C3SC(=O)N(Cc4ccc5ccccc5c4)C3=O)o2)c([N+](=O)[O-])c1. The Morgan fingerprint density at radius 3 is 2.60 bits per heavy atom. The van der Waals surface area contributed by atoms with E-state index < -0.39 is 10.8 Å². The molecule has 0 N–H and O–H groups in total. The lowest BCUT2D eigenvalue weighted by Crippen LogP contribution is -2.27. The van der Waals surface area contributed by atoms with Crippen LogP contribution in [-0.4, -0.2) is 28.1 Å². The molecule has 1 saturated heterocycles. The molecule has 9 heteroatoms. The molecule has 35 heavy (non-hydrogen) atoms. The van der Waals surface area contributed by atoms with Crippen molar-refractivity contribution in [2.45, 2.75) is 6.54 Å². The second-order valence-electron chi connectivity index (χ2n) is 7.79. The van der Waals surface area contributed by atoms with Gasteiger partial charge in [0.15, 0.2) is 0 Å². The number of amides is 2. The molecule has 0 spiro atoms. The summed E-state index contributed by atoms with van der Waals surface area (Å²) in [6.07, 6.45) is 1.48. The molecular weight excluding hydrogens is 468 g/mol. The van der Waals surface area contributed by atoms with E-state index in [0.717, 1.165) is 28.1 Å². The number of hydrogen-bond acceptors (Lipinski definition) is 7. The van der Waals surface area contributed by atoms with E-state index in [9.17, 15) is 19.7 Å². The monoisotopic (exact) mass is 486 g/mol. The molecule has 3 aromatic carbocycles. The number of hydrogen-bond donors (Lipinski definition) is 0. The summed E-state index contributed by atoms with van der Waals surface area (Å²) in [5, 5.41) is 13.2. The van der Waals surface area contributed by atoms with Crippen LogP contribution in [0.5, 0.6) is 5.75 Å². The average molecular weight is 487 g/mol. The Bertz CT molecular complexity index is 1520. The molecule has 5 rings (SSSR count). The van der Waals surface area contributed by atoms with Gasteiger partial charge in [0, 0.05) is 6.08 Å². The molecule has 1 aliphatic rings. The number of fused-ring (bicyclic) bond motifs is 1. The fourth-order valence-corrected chi connectivity index (χ4v) is 4.68. The first-order valence-electron chi connectivity index (χ1n) is 10.6. The van der Waals surface area contributed by atoms with Gasteiger partial charge in [0.05, 0.1) is 35.1 Å². The predicted molar refractivity (Wildman–Crippen MR) is 133 cm³/mol. The zero-order chi connectivity index (χ0) is 24.5. The number of thioether (sulfide) groups is 1. The summed E-state index contributed by atoms with van der Waals surface area (Å²) in [6.45, 7) is 0.161. The molecular formula is C26H18N2O6S. The molecule has 0 bridgehead atoms. The van der Waals surface area contributed by atoms with Crippen molar-refractivity contribution in [2.24, 2.45) is 0 Å². The van der Waals surface area contributed by atoms with Crippen LogP contribution in [0.1, 0.15) is 11.3 Å². The Morgan fingerprint density at radius 1 is 1.03 bits per heavy atom. The van der Waals surface area contributed by atoms with Crippen LogP contribution in [-0.2, 0) is 11.3 Å². The maximum Gasteiger partial charge on any atom is 0.293 e. The third-order valence-electron chi connectivity index (χ3n) is 5.60. The number of ether oxygens (including phenoxy) is 1. The van der Waals surface area contributed by atoms with Crippen molar-refractivity contribution in [1.82, 2.24) is 4.90 Å². The zero-order valence-corrected chi connectivity index (χ0v) is 19.3. The quantitative estimate of drug-likeness (QED) is 0.180. The zero-order valence-electron chi connectivity index (χ0n) is 18.5. The van der Waals surface area contributed by atoms with Crippen molar-refractivity contribution < 1.29 is 23.7 Å². The predicted octanol–water partition coefficient (Wildman–Crippen LogP) is 6.25. The molecule has 0 atom stereocenters. The number of imide groups is 1. The van der Waals surface area contributed by atoms with E-state index in [-0.39, 0.29) is 33.7 Å². The standard InChI is InChI=1S/C26H18N2O6S/c1-33-19-8-10-21(22(13-19)28(31)32)23-11-9-20(34-23)14-24-25(29)27(26(30)35-24)15-16-6-7-17-4-2-3-5-18(17)12-16/h2-14H,15H2,1H3. The van der Waals surface area contributed by atoms with Crippen molar-refractivity contribution in [3.8, 4) is 17.1 Å². The Labute approximate surface area is 203 Å². The van der Waals surface area contributed by atoms with Crippen LogP contribution in [0.4, 0.5) is 10.5 Å². The minimum atomic E-state index is -0.516. The summed E-state index contributed by atoms with van der Waals surface area (Å²) in [5.41, 5.74) is 0.958. The number of rotatable bonds is 6. The van der Waals surface area contributed by atoms with Gasteiger partial charge in [0.2, 0.25) is 0 Å². The van der Waals surface area contributed by atoms with E-state index in [1.54, 1.807) is 18.2 Å². The Balaban J connectivity index is 1.38. The van der Waals surface area contributed by atoms with Crippen LogP contribution < -0.4 is 4.74 Å². The molecule has 2 heterocycles. The number of nitro groups is 1. The van der Waals surface area contributed by atoms with Gasteiger partial charge in [0.25, 0.3) is 16.8 Å². The first-order valence-corrected chi connectivity index (χ1v) is 11.4. The minimum absolute atomic E-state index is 0.161. The maximum absolute atomic E-state index is 13.0. The minimum Gasteiger partial charge on any atom is -0.497 e. The van der Waals surface area contributed by atoms with Crippen LogP contribution in [0.15, 0.2) is 82.1 Å². The van der Waals surface area contributed by atoms with E-state index >= 15 is 0 Å². The van der Waals surface area contributed by atoms with Gasteiger partial charge in [-0.15, -0.1) is 0 Å². The van der Waals surface area contributed by atoms with Gasteiger partial charge in [0.1, 0.15) is 17.3 Å². The smallest absolute Gasteiger partial charge is 0.293 e. The Hall–Kier alpha value is -4.37. The number of furan rings is 1. The molecule has 1 aliphatic heterocycles. The molecule has 1 aromatic heterocycles. The number of nitro benzene ring substituents is 1. The third kappa shape index (κ3) is 4.41. The first-order chi connectivity index (χ1) is 16.9. The molecule has 4 aromatic rings. The highest BCUT2D eigenvalue weighted by Gasteiger charge is 2.35. The molecule has 174 valence electrons. The summed E-state index contributed by atoms with van der Waals surface area (Å²) >= 11 is 0.831. The van der Waals surface area contributed by atoms with Crippen molar-refractivity contribution >= 4 is 45.4 Å². The summed E-state index contributed by atoms with van der Waals surface area (Å²) < 4.78 is 10.8. The normalized spacial score (nSPS) is 14.8. The maximum atomic E-state index is 13.0. The van der Waals surface area contributed by atoms with E-state index in [1.165, 1.54) is 30.2 Å². The molecule has 0 unspecified atom stereocenters. The van der Waals surface area contributed by atoms with E-state index in [1.807, 2.05) is 42.5 Å². The van der Waals surface area contributed by atoms with Crippen LogP contribution in [0.25, 0.3) is 28.2 Å². The fraction of sp³-hybridized carbons (Fsp3) is 0.0769. The van der Waals surface area contributed by atoms with Gasteiger partial charge >= 0.3 is 0 Å². The second kappa shape index (κ2) is 9.11. The van der Waals surface area contributed by atoms with Crippen molar-refractivity contribution in [2.75, 3.05) is 7.11 Å². The second-order valence-corrected chi connectivity index (χ2v) is 8.78. The van der Waals surface area contributed by atoms with Crippen molar-refractivity contribution in [3.05, 3.63) is 99.1 Å². The highest BCUT2D eigenvalue weighted by molar-refractivity contribution is 8.18. The fourth-order valence-electron chi connectivity index (χ4n) is 3.86. The van der Waals surface area contributed by atoms with E-state index in [4.69, 9.17) is 9.15 Å². The van der Waals surface area contributed by atoms with Crippen molar-refractivity contribution in [1.29, 1.82) is 0 Å². The van der Waals surface area contributed by atoms with Gasteiger partial charge < -0.3 is 9.15 Å². The Kier molecular flexibility index (Phi) is 5.84. The van der Waals surface area contributed by atoms with Crippen LogP contribution in [0.2, 0.25) is 0 Å². The molecule has 1 fully saturated rings. The number of methoxy groups -OCH3 is 1. The van der Waals surface area contributed by atoms with Gasteiger partial charge in [-0.25, -0.2) is 0 Å². The molecule has 8 nitrogen and oxygen atoms in total. The highest BCUT2D eigenvalue weighted by atomic mass is 32.2. The summed E-state index contributed by atoms with van der Waals surface area (Å²) in [4.78, 5) is 37.9. The number of nitrogens with zero attached hydrogens (tertiary/aromatic N) is 2. The lowest BCUT2D eigenvalue weighted by Gasteiger charge is -2.13. The number of carbonyl (C=O) groups is 2. The first kappa shape index (κ1) is 22.4. The average Bonchev–Trinajstić information content (AvgIpc) is 3.43. The lowest BCUT2D eigenvalue weighted by molar-refractivity contribution is -0.384. The highest BCUT2D eigenvalue weighted by Crippen LogP contribution is 2.37. The Morgan fingerprint density at radius 2 is 1.83 bits per heavy atom. The van der Waals surface area contributed by atoms with Crippen LogP contribution >= 0.6 is 11.8 Å². The van der Waals surface area contributed by atoms with Crippen LogP contribution in [0, 0.1) is 10.1 Å². The summed E-state index contributed by atoms with van der Waals surface area (Å²) in [5.74, 6) is 0.510. The number of benzene rings is 3. The molecule has 0 saturated carbocycles. The topological polar surface area (TPSA) is 103 Å². The van der Waals surface area contributed by atoms with Gasteiger partial charge in [-0.3, -0.25) is 24.6 Å². The van der Waals surface area contributed by atoms with Gasteiger partial charge in [-0.2, -0.15) is 0 Å². The largest absolute Gasteiger partial charge is 0.497 e. The van der Waals surface area contributed by atoms with E-state index in [0.29, 0.717) is 11.5 Å². The van der Waals surface area contributed by atoms with Crippen LogP contribution in [0.3, 0.4) is 0 Å². The van der Waals surface area contributed by atoms with Crippen molar-refractivity contribution in [3.63, 3.8) is 0 Å². The lowest BCUT2D eigenvalue weighted by atomic mass is 10.1. The molecule has 2 amide bonds. The summed E-state index contributed by atoms with van der Waals surface area (Å²) in [6, 6.07) is 21.3. The number of carbonyl (C=O) groups excluding carboxylic acids is 2. The molecule has 0 radical (unpaired) electrons. The summed E-state index contributed by atoms with van der Waals surface area (Å²) in [7, 11) is 1.43.